The average molecular weight is 416 g/mol. The van der Waals surface area contributed by atoms with E-state index in [1.807, 2.05) is 0 Å². The molecule has 2 saturated carbocycles. The maximum absolute atomic E-state index is 14.9. The normalized spacial score (nSPS) is 21.2. The summed E-state index contributed by atoms with van der Waals surface area (Å²) in [6, 6.07) is 0.0824. The first-order chi connectivity index (χ1) is 9.77. The van der Waals surface area contributed by atoms with Gasteiger partial charge in [0.2, 0.25) is 0 Å². The molecule has 0 aromatic heterocycles. The predicted octanol–water partition coefficient (Wildman–Crippen LogP) is 2.90. The molecule has 4 nitrogen and oxygen atoms in total. The third kappa shape index (κ3) is 4.12. The Hall–Kier alpha value is 0.221. The van der Waals surface area contributed by atoms with Crippen LogP contribution in [-0.4, -0.2) is 26.9 Å². The molecule has 0 aromatic carbocycles. The summed E-state index contributed by atoms with van der Waals surface area (Å²) in [6.45, 7) is 0. The zero-order valence-corrected chi connectivity index (χ0v) is 15.2. The molecule has 0 bridgehead atoms. The van der Waals surface area contributed by atoms with Gasteiger partial charge in [-0.15, -0.1) is 0 Å². The number of hydrogen-bond donors (Lipinski definition) is 0. The van der Waals surface area contributed by atoms with E-state index in [1.165, 1.54) is 14.8 Å². The average Bonchev–Trinajstić information content (AvgIpc) is 2.51. The summed E-state index contributed by atoms with van der Waals surface area (Å²) in [7, 11) is 0. The van der Waals surface area contributed by atoms with Crippen LogP contribution >= 0.6 is 0 Å². The van der Waals surface area contributed by atoms with Gasteiger partial charge in [-0.05, 0) is 0 Å². The molecule has 0 spiro atoms. The van der Waals surface area contributed by atoms with Gasteiger partial charge in [-0.2, -0.15) is 0 Å². The van der Waals surface area contributed by atoms with Crippen molar-refractivity contribution in [1.82, 2.24) is 1.97 Å². The summed E-state index contributed by atoms with van der Waals surface area (Å²) in [4.78, 5) is 22.7. The van der Waals surface area contributed by atoms with Crippen LogP contribution in [0.1, 0.15) is 64.2 Å². The van der Waals surface area contributed by atoms with Gasteiger partial charge >= 0.3 is 138 Å². The molecule has 0 N–H and O–H groups in total. The van der Waals surface area contributed by atoms with Crippen LogP contribution in [0.2, 0.25) is 0 Å². The first-order valence-electron chi connectivity index (χ1n) is 7.77. The minimum absolute atomic E-state index is 0.0412. The zero-order chi connectivity index (χ0) is 14.4. The molecule has 0 aliphatic heterocycles. The molecular weight excluding hydrogens is 391 g/mol. The zero-order valence-electron chi connectivity index (χ0n) is 12.0. The number of amides is 2. The topological polar surface area (TPSA) is 40.6 Å². The third-order valence-electron chi connectivity index (χ3n) is 4.59. The fraction of sp³-hybridized carbons (Fsp3) is 0.857. The second-order valence-corrected chi connectivity index (χ2v) is 10.9. The number of carbonyl (C=O) groups is 2. The Labute approximate surface area is 137 Å². The summed E-state index contributed by atoms with van der Waals surface area (Å²) < 4.78 is 17.8. The fourth-order valence-corrected chi connectivity index (χ4v) is 8.42. The van der Waals surface area contributed by atoms with Gasteiger partial charge in [0, 0.05) is 0 Å². The molecule has 0 heterocycles. The molecule has 113 valence electrons. The van der Waals surface area contributed by atoms with Crippen LogP contribution in [0, 0.1) is 36.2 Å². The molecule has 2 amide bonds. The molecule has 0 unspecified atom stereocenters. The maximum atomic E-state index is 14.9. The van der Waals surface area contributed by atoms with E-state index in [4.69, 9.17) is 0 Å². The Bertz CT molecular complexity index is 290. The second kappa shape index (κ2) is 8.61. The Kier molecular flexibility index (Phi) is 7.14. The van der Waals surface area contributed by atoms with Gasteiger partial charge in [-0.3, -0.25) is 0 Å². The quantitative estimate of drug-likeness (QED) is 0.626. The molecule has 20 heavy (non-hydrogen) atoms. The first-order valence-corrected chi connectivity index (χ1v) is 11.9. The Balaban J connectivity index is 2.01. The van der Waals surface area contributed by atoms with Crippen molar-refractivity contribution in [3.8, 4) is 0 Å². The van der Waals surface area contributed by atoms with Gasteiger partial charge in [0.05, 0.1) is 0 Å². The minimum atomic E-state index is -3.97. The van der Waals surface area contributed by atoms with Crippen LogP contribution in [0.5, 0.6) is 0 Å². The summed E-state index contributed by atoms with van der Waals surface area (Å²) in [5, 5.41) is 0. The van der Waals surface area contributed by atoms with Crippen molar-refractivity contribution in [2.45, 2.75) is 76.3 Å². The number of carbonyl (C=O) groups excluding carboxylic acids is 2. The monoisotopic (exact) mass is 413 g/mol. The van der Waals surface area contributed by atoms with Crippen LogP contribution in [0.4, 0.5) is 1.01 Å². The van der Waals surface area contributed by atoms with Gasteiger partial charge in [0.1, 0.15) is 0 Å². The van der Waals surface area contributed by atoms with Crippen LogP contribution in [0.3, 0.4) is 0 Å². The van der Waals surface area contributed by atoms with E-state index in [2.05, 4.69) is 0 Å². The predicted molar refractivity (Wildman–Crippen MR) is 70.7 cm³/mol. The van der Waals surface area contributed by atoms with Gasteiger partial charge in [-0.25, -0.2) is 0 Å². The van der Waals surface area contributed by atoms with E-state index in [0.29, 0.717) is 12.8 Å². The summed E-state index contributed by atoms with van der Waals surface area (Å²) >= 11 is -3.97. The molecule has 2 rings (SSSR count). The van der Waals surface area contributed by atoms with Gasteiger partial charge in [-0.1, -0.05) is 0 Å². The Morgan fingerprint density at radius 1 is 0.750 bits per heavy atom. The molecule has 6 heteroatoms. The Morgan fingerprint density at radius 3 is 1.40 bits per heavy atom. The van der Waals surface area contributed by atoms with Crippen LogP contribution in [0.25, 0.3) is 0 Å². The van der Waals surface area contributed by atoms with Gasteiger partial charge in [0.25, 0.3) is 0 Å². The third-order valence-corrected chi connectivity index (χ3v) is 10.3. The van der Waals surface area contributed by atoms with Crippen molar-refractivity contribution < 1.29 is 46.8 Å². The Morgan fingerprint density at radius 2 is 1.10 bits per heavy atom. The van der Waals surface area contributed by atoms with E-state index in [1.54, 1.807) is 0 Å². The fourth-order valence-electron chi connectivity index (χ4n) is 3.41. The van der Waals surface area contributed by atoms with Gasteiger partial charge < -0.3 is 0 Å². The molecule has 0 aromatic rings. The molecule has 2 aliphatic carbocycles. The van der Waals surface area contributed by atoms with Crippen molar-refractivity contribution in [3.63, 3.8) is 0 Å². The van der Waals surface area contributed by atoms with E-state index < -0.39 is 36.2 Å². The standard InChI is InChI=1S/2C7H13NO.FH.Nd/c2*9-6-8-7-4-2-1-3-5-7;;/h2*6-7H,1-5H2,(H,8,9);1H;/q;;;+3/p-3. The van der Waals surface area contributed by atoms with Crippen molar-refractivity contribution in [1.29, 1.82) is 0 Å². The van der Waals surface area contributed by atoms with Crippen molar-refractivity contribution in [2.75, 3.05) is 0 Å². The van der Waals surface area contributed by atoms with Crippen LogP contribution in [0.15, 0.2) is 0 Å². The van der Waals surface area contributed by atoms with Crippen molar-refractivity contribution >= 4 is 12.8 Å². The molecule has 2 aliphatic rings. The van der Waals surface area contributed by atoms with Crippen LogP contribution < -0.4 is 0 Å². The number of rotatable bonds is 6. The van der Waals surface area contributed by atoms with E-state index in [0.717, 1.165) is 51.4 Å². The molecule has 2 fully saturated rings. The molecule has 0 saturated heterocycles. The summed E-state index contributed by atoms with van der Waals surface area (Å²) in [6.07, 6.45) is 11.6. The number of nitrogens with zero attached hydrogens (tertiary/aromatic N) is 2. The van der Waals surface area contributed by atoms with E-state index in [9.17, 15) is 10.6 Å². The second-order valence-electron chi connectivity index (χ2n) is 5.88. The van der Waals surface area contributed by atoms with Gasteiger partial charge in [0.15, 0.2) is 0 Å². The SMILES string of the molecule is O=C[N](C1CCCCC1)[Nd]([F])[N](C=O)C1CCCCC1. The number of halogens is 1. The first kappa shape index (κ1) is 16.6. The van der Waals surface area contributed by atoms with Crippen LogP contribution in [-0.2, 0) is 9.59 Å². The summed E-state index contributed by atoms with van der Waals surface area (Å²) in [5.74, 6) is 0. The molecule has 0 radical (unpaired) electrons. The summed E-state index contributed by atoms with van der Waals surface area (Å²) in [5.41, 5.74) is 0. The van der Waals surface area contributed by atoms with E-state index in [-0.39, 0.29) is 12.1 Å². The molecular formula is C14H24FN2NdO2. The van der Waals surface area contributed by atoms with E-state index >= 15 is 0 Å². The molecule has 0 atom stereocenters. The van der Waals surface area contributed by atoms with Crippen molar-refractivity contribution in [2.24, 2.45) is 0 Å². The number of hydrogen-bond acceptors (Lipinski definition) is 2. The van der Waals surface area contributed by atoms with Crippen molar-refractivity contribution in [3.05, 3.63) is 0 Å².